The van der Waals surface area contributed by atoms with Crippen LogP contribution in [0.4, 0.5) is 5.69 Å². The third kappa shape index (κ3) is 4.28. The maximum atomic E-state index is 6.20. The van der Waals surface area contributed by atoms with Gasteiger partial charge in [-0.05, 0) is 43.3 Å². The Kier molecular flexibility index (Phi) is 5.26. The summed E-state index contributed by atoms with van der Waals surface area (Å²) in [7, 11) is 4.12. The Balaban J connectivity index is 1.52. The minimum Gasteiger partial charge on any atom is -0.378 e. The van der Waals surface area contributed by atoms with Crippen molar-refractivity contribution in [1.29, 1.82) is 0 Å². The van der Waals surface area contributed by atoms with E-state index < -0.39 is 0 Å². The smallest absolute Gasteiger partial charge is 0.217 e. The van der Waals surface area contributed by atoms with E-state index >= 15 is 0 Å². The first-order valence-corrected chi connectivity index (χ1v) is 9.06. The van der Waals surface area contributed by atoms with Gasteiger partial charge in [0, 0.05) is 36.0 Å². The molecule has 0 spiro atoms. The van der Waals surface area contributed by atoms with Gasteiger partial charge in [0.05, 0.1) is 0 Å². The topological polar surface area (TPSA) is 29.1 Å². The summed E-state index contributed by atoms with van der Waals surface area (Å²) in [5.74, 6) is 1.01. The molecule has 0 aliphatic carbocycles. The van der Waals surface area contributed by atoms with Crippen molar-refractivity contribution in [1.82, 2.24) is 0 Å². The van der Waals surface area contributed by atoms with E-state index in [1.165, 1.54) is 21.7 Å². The Hall–Kier alpha value is -1.49. The lowest BCUT2D eigenvalue weighted by Crippen LogP contribution is -2.82. The van der Waals surface area contributed by atoms with E-state index in [1.54, 1.807) is 0 Å². The molecule has 1 aliphatic heterocycles. The third-order valence-corrected chi connectivity index (χ3v) is 5.29. The van der Waals surface area contributed by atoms with Gasteiger partial charge in [-0.1, -0.05) is 17.7 Å². The van der Waals surface area contributed by atoms with E-state index in [1.807, 2.05) is 11.8 Å². The summed E-state index contributed by atoms with van der Waals surface area (Å²) in [4.78, 5) is 3.43. The van der Waals surface area contributed by atoms with Crippen LogP contribution in [0.3, 0.4) is 0 Å². The molecule has 2 atom stereocenters. The molecule has 0 unspecified atom stereocenters. The lowest BCUT2D eigenvalue weighted by Gasteiger charge is -2.14. The van der Waals surface area contributed by atoms with Crippen molar-refractivity contribution in [3.8, 4) is 0 Å². The SMILES string of the molecule is Cc1ccc(SC[C@@H]2C[NH2+][C@@H](c3ccc(N(C)C)cc3)O2)cc1. The number of nitrogens with zero attached hydrogens (tertiary/aromatic N) is 1. The molecule has 4 heteroatoms. The van der Waals surface area contributed by atoms with Gasteiger partial charge < -0.3 is 15.0 Å². The van der Waals surface area contributed by atoms with E-state index in [-0.39, 0.29) is 6.23 Å². The average Bonchev–Trinajstić information content (AvgIpc) is 3.03. The van der Waals surface area contributed by atoms with Gasteiger partial charge in [0.25, 0.3) is 0 Å². The zero-order chi connectivity index (χ0) is 16.2. The van der Waals surface area contributed by atoms with E-state index in [9.17, 15) is 0 Å². The fourth-order valence-electron chi connectivity index (χ4n) is 2.70. The second-order valence-corrected chi connectivity index (χ2v) is 7.35. The molecule has 1 heterocycles. The van der Waals surface area contributed by atoms with Gasteiger partial charge in [-0.2, -0.15) is 0 Å². The number of rotatable bonds is 5. The predicted molar refractivity (Wildman–Crippen MR) is 97.1 cm³/mol. The molecule has 0 amide bonds. The first kappa shape index (κ1) is 16.4. The average molecular weight is 329 g/mol. The Labute approximate surface area is 143 Å². The molecule has 3 nitrogen and oxygen atoms in total. The van der Waals surface area contributed by atoms with E-state index in [0.29, 0.717) is 6.10 Å². The van der Waals surface area contributed by atoms with Crippen molar-refractivity contribution in [2.75, 3.05) is 31.3 Å². The molecule has 23 heavy (non-hydrogen) atoms. The van der Waals surface area contributed by atoms with Crippen LogP contribution < -0.4 is 10.2 Å². The summed E-state index contributed by atoms with van der Waals surface area (Å²) in [5, 5.41) is 2.30. The van der Waals surface area contributed by atoms with Crippen LogP contribution in [-0.4, -0.2) is 32.5 Å². The fraction of sp³-hybridized carbons (Fsp3) is 0.368. The molecule has 3 rings (SSSR count). The Morgan fingerprint density at radius 3 is 2.43 bits per heavy atom. The predicted octanol–water partition coefficient (Wildman–Crippen LogP) is 2.81. The molecule has 1 aliphatic rings. The number of hydrogen-bond acceptors (Lipinski definition) is 3. The quantitative estimate of drug-likeness (QED) is 0.855. The van der Waals surface area contributed by atoms with Crippen LogP contribution in [-0.2, 0) is 4.74 Å². The molecule has 1 fully saturated rings. The van der Waals surface area contributed by atoms with Gasteiger partial charge in [0.15, 0.2) is 0 Å². The molecular weight excluding hydrogens is 304 g/mol. The van der Waals surface area contributed by atoms with Crippen molar-refractivity contribution < 1.29 is 10.1 Å². The lowest BCUT2D eigenvalue weighted by molar-refractivity contribution is -0.697. The fourth-order valence-corrected chi connectivity index (χ4v) is 3.62. The molecule has 2 aromatic carbocycles. The molecule has 1 saturated heterocycles. The Bertz CT molecular complexity index is 625. The van der Waals surface area contributed by atoms with Gasteiger partial charge in [-0.15, -0.1) is 11.8 Å². The summed E-state index contributed by atoms with van der Waals surface area (Å²) in [6.07, 6.45) is 0.439. The highest BCUT2D eigenvalue weighted by Crippen LogP contribution is 2.24. The highest BCUT2D eigenvalue weighted by atomic mass is 32.2. The molecule has 2 aromatic rings. The molecule has 0 radical (unpaired) electrons. The first-order valence-electron chi connectivity index (χ1n) is 8.07. The zero-order valence-electron chi connectivity index (χ0n) is 14.0. The van der Waals surface area contributed by atoms with Crippen LogP contribution >= 0.6 is 11.8 Å². The maximum Gasteiger partial charge on any atom is 0.217 e. The summed E-state index contributed by atoms with van der Waals surface area (Å²) in [6.45, 7) is 3.15. The van der Waals surface area contributed by atoms with Crippen molar-refractivity contribution in [2.45, 2.75) is 24.2 Å². The summed E-state index contributed by atoms with van der Waals surface area (Å²) < 4.78 is 6.20. The highest BCUT2D eigenvalue weighted by molar-refractivity contribution is 7.99. The van der Waals surface area contributed by atoms with Gasteiger partial charge in [0.2, 0.25) is 6.23 Å². The van der Waals surface area contributed by atoms with E-state index in [2.05, 4.69) is 79.8 Å². The third-order valence-electron chi connectivity index (χ3n) is 4.15. The van der Waals surface area contributed by atoms with E-state index in [4.69, 9.17) is 4.74 Å². The summed E-state index contributed by atoms with van der Waals surface area (Å²) >= 11 is 1.88. The number of aryl methyl sites for hydroxylation is 1. The van der Waals surface area contributed by atoms with Gasteiger partial charge in [0.1, 0.15) is 12.6 Å². The van der Waals surface area contributed by atoms with Crippen LogP contribution in [0.25, 0.3) is 0 Å². The molecule has 0 aromatic heterocycles. The van der Waals surface area contributed by atoms with Crippen molar-refractivity contribution in [2.24, 2.45) is 0 Å². The normalized spacial score (nSPS) is 20.7. The minimum absolute atomic E-state index is 0.134. The van der Waals surface area contributed by atoms with Gasteiger partial charge in [-0.3, -0.25) is 0 Å². The number of anilines is 1. The maximum absolute atomic E-state index is 6.20. The largest absolute Gasteiger partial charge is 0.378 e. The van der Waals surface area contributed by atoms with Gasteiger partial charge in [-0.25, -0.2) is 0 Å². The van der Waals surface area contributed by atoms with Crippen LogP contribution in [0.15, 0.2) is 53.4 Å². The van der Waals surface area contributed by atoms with Gasteiger partial charge >= 0.3 is 0 Å². The second-order valence-electron chi connectivity index (χ2n) is 6.26. The molecule has 2 N–H and O–H groups in total. The summed E-state index contributed by atoms with van der Waals surface area (Å²) in [6, 6.07) is 17.4. The standard InChI is InChI=1S/C19H24N2OS/c1-14-4-10-18(11-5-14)23-13-17-12-20-19(22-17)15-6-8-16(9-7-15)21(2)3/h4-11,17,19-20H,12-13H2,1-3H3/p+1/t17-,19+/m0/s1. The number of quaternary nitrogens is 1. The monoisotopic (exact) mass is 329 g/mol. The Morgan fingerprint density at radius 2 is 1.78 bits per heavy atom. The molecule has 0 saturated carbocycles. The van der Waals surface area contributed by atoms with Crippen molar-refractivity contribution >= 4 is 17.4 Å². The van der Waals surface area contributed by atoms with Crippen LogP contribution in [0.5, 0.6) is 0 Å². The molecule has 0 bridgehead atoms. The molecular formula is C19H25N2OS+. The van der Waals surface area contributed by atoms with Crippen molar-refractivity contribution in [3.05, 3.63) is 59.7 Å². The first-order chi connectivity index (χ1) is 11.1. The summed E-state index contributed by atoms with van der Waals surface area (Å²) in [5.41, 5.74) is 3.78. The molecule has 122 valence electrons. The highest BCUT2D eigenvalue weighted by Gasteiger charge is 2.29. The number of nitrogens with two attached hydrogens (primary N) is 1. The van der Waals surface area contributed by atoms with E-state index in [0.717, 1.165) is 12.3 Å². The van der Waals surface area contributed by atoms with Crippen LogP contribution in [0, 0.1) is 6.92 Å². The van der Waals surface area contributed by atoms with Crippen molar-refractivity contribution in [3.63, 3.8) is 0 Å². The zero-order valence-corrected chi connectivity index (χ0v) is 14.8. The van der Waals surface area contributed by atoms with Crippen LogP contribution in [0.1, 0.15) is 17.4 Å². The van der Waals surface area contributed by atoms with Crippen LogP contribution in [0.2, 0.25) is 0 Å². The lowest BCUT2D eigenvalue weighted by atomic mass is 10.2. The number of ether oxygens (including phenoxy) is 1. The Morgan fingerprint density at radius 1 is 1.09 bits per heavy atom. The second kappa shape index (κ2) is 7.39. The minimum atomic E-state index is 0.134. The number of thioether (sulfide) groups is 1. The number of hydrogen-bond donors (Lipinski definition) is 1. The number of benzene rings is 2.